The van der Waals surface area contributed by atoms with Crippen molar-refractivity contribution in [3.8, 4) is 0 Å². The normalized spacial score (nSPS) is 49.2. The van der Waals surface area contributed by atoms with Crippen molar-refractivity contribution >= 4 is 0 Å². The van der Waals surface area contributed by atoms with Crippen LogP contribution in [0.1, 0.15) is 6.42 Å². The number of halogens is 1. The van der Waals surface area contributed by atoms with Crippen LogP contribution in [0.3, 0.4) is 0 Å². The predicted molar refractivity (Wildman–Crippen MR) is 17.5 cm³/mol. The van der Waals surface area contributed by atoms with E-state index >= 15 is 0 Å². The molecule has 1 rings (SSSR count). The van der Waals surface area contributed by atoms with Crippen LogP contribution >= 0.6 is 0 Å². The van der Waals surface area contributed by atoms with Crippen molar-refractivity contribution in [2.45, 2.75) is 18.6 Å². The molecule has 0 saturated heterocycles. The Morgan fingerprint density at radius 3 is 2.00 bits per heavy atom. The Labute approximate surface area is 30.0 Å². The summed E-state index contributed by atoms with van der Waals surface area (Å²) in [5.41, 5.74) is 4.99. The molecule has 1 fully saturated rings. The second-order valence-electron chi connectivity index (χ2n) is 1.42. The molecule has 1 aliphatic rings. The fraction of sp³-hybridized carbons (Fsp3) is 1.00. The van der Waals surface area contributed by atoms with Crippen molar-refractivity contribution in [2.75, 3.05) is 0 Å². The van der Waals surface area contributed by atoms with Crippen LogP contribution in [0.15, 0.2) is 0 Å². The van der Waals surface area contributed by atoms with Crippen molar-refractivity contribution in [2.24, 2.45) is 5.73 Å². The molecule has 1 aliphatic carbocycles. The molecule has 0 amide bonds. The number of alkyl halides is 1. The van der Waals surface area contributed by atoms with Gasteiger partial charge >= 0.3 is 0 Å². The van der Waals surface area contributed by atoms with E-state index in [4.69, 9.17) is 5.73 Å². The highest BCUT2D eigenvalue weighted by atomic mass is 19.1. The summed E-state index contributed by atoms with van der Waals surface area (Å²) in [4.78, 5) is 0. The summed E-state index contributed by atoms with van der Waals surface area (Å²) >= 11 is 0. The van der Waals surface area contributed by atoms with Gasteiger partial charge in [-0.25, -0.2) is 4.39 Å². The minimum absolute atomic E-state index is 0.116. The van der Waals surface area contributed by atoms with Crippen molar-refractivity contribution in [3.63, 3.8) is 0 Å². The van der Waals surface area contributed by atoms with Crippen LogP contribution in [-0.2, 0) is 0 Å². The van der Waals surface area contributed by atoms with Crippen LogP contribution in [0.4, 0.5) is 4.39 Å². The van der Waals surface area contributed by atoms with Crippen LogP contribution in [0, 0.1) is 0 Å². The molecule has 0 aromatic rings. The SMILES string of the molecule is NC1CC1F. The zero-order valence-electron chi connectivity index (χ0n) is 2.82. The highest BCUT2D eigenvalue weighted by Gasteiger charge is 2.32. The van der Waals surface area contributed by atoms with Crippen LogP contribution in [0.5, 0.6) is 0 Å². The number of hydrogen-bond acceptors (Lipinski definition) is 1. The highest BCUT2D eigenvalue weighted by Crippen LogP contribution is 2.21. The molecule has 2 atom stereocenters. The zero-order valence-corrected chi connectivity index (χ0v) is 2.82. The predicted octanol–water partition coefficient (Wildman–Crippen LogP) is 0.0555. The van der Waals surface area contributed by atoms with Crippen molar-refractivity contribution in [3.05, 3.63) is 0 Å². The fourth-order valence-corrected chi connectivity index (χ4v) is 0.181. The molecule has 5 heavy (non-hydrogen) atoms. The second kappa shape index (κ2) is 0.684. The Morgan fingerprint density at radius 2 is 2.00 bits per heavy atom. The Morgan fingerprint density at radius 1 is 1.80 bits per heavy atom. The van der Waals surface area contributed by atoms with E-state index in [1.54, 1.807) is 0 Å². The van der Waals surface area contributed by atoms with E-state index in [9.17, 15) is 4.39 Å². The third-order valence-electron chi connectivity index (χ3n) is 0.759. The van der Waals surface area contributed by atoms with Crippen LogP contribution in [-0.4, -0.2) is 12.2 Å². The van der Waals surface area contributed by atoms with E-state index in [1.807, 2.05) is 0 Å². The highest BCUT2D eigenvalue weighted by molar-refractivity contribution is 4.89. The average Bonchev–Trinajstić information content (AvgIpc) is 1.79. The van der Waals surface area contributed by atoms with Crippen LogP contribution < -0.4 is 5.73 Å². The quantitative estimate of drug-likeness (QED) is 0.432. The molecule has 2 N–H and O–H groups in total. The molecule has 0 aliphatic heterocycles. The Balaban J connectivity index is 2.20. The first-order valence-electron chi connectivity index (χ1n) is 1.70. The molecule has 2 heteroatoms. The van der Waals surface area contributed by atoms with Crippen molar-refractivity contribution in [1.29, 1.82) is 0 Å². The van der Waals surface area contributed by atoms with E-state index < -0.39 is 6.17 Å². The molecule has 0 heterocycles. The molecule has 2 unspecified atom stereocenters. The summed E-state index contributed by atoms with van der Waals surface area (Å²) in [5.74, 6) is 0. The minimum atomic E-state index is -0.671. The van der Waals surface area contributed by atoms with E-state index in [-0.39, 0.29) is 6.04 Å². The van der Waals surface area contributed by atoms with Gasteiger partial charge in [0.05, 0.1) is 0 Å². The Bertz CT molecular complexity index is 40.2. The summed E-state index contributed by atoms with van der Waals surface area (Å²) in [5, 5.41) is 0. The summed E-state index contributed by atoms with van der Waals surface area (Å²) in [7, 11) is 0. The topological polar surface area (TPSA) is 26.0 Å². The lowest BCUT2D eigenvalue weighted by Gasteiger charge is -1.66. The van der Waals surface area contributed by atoms with Gasteiger partial charge in [0, 0.05) is 6.04 Å². The summed E-state index contributed by atoms with van der Waals surface area (Å²) in [6.45, 7) is 0. The molecule has 1 saturated carbocycles. The lowest BCUT2D eigenvalue weighted by atomic mass is 10.8. The van der Waals surface area contributed by atoms with Crippen LogP contribution in [0.2, 0.25) is 0 Å². The van der Waals surface area contributed by atoms with E-state index in [0.717, 1.165) is 0 Å². The molecule has 0 spiro atoms. The van der Waals surface area contributed by atoms with Gasteiger partial charge in [-0.2, -0.15) is 0 Å². The van der Waals surface area contributed by atoms with Gasteiger partial charge in [-0.1, -0.05) is 0 Å². The van der Waals surface area contributed by atoms with Gasteiger partial charge in [-0.3, -0.25) is 0 Å². The molecule has 0 aromatic heterocycles. The maximum absolute atomic E-state index is 11.4. The third-order valence-corrected chi connectivity index (χ3v) is 0.759. The Kier molecular flexibility index (Phi) is 0.424. The minimum Gasteiger partial charge on any atom is -0.325 e. The van der Waals surface area contributed by atoms with Gasteiger partial charge in [0.15, 0.2) is 0 Å². The largest absolute Gasteiger partial charge is 0.325 e. The lowest BCUT2D eigenvalue weighted by Crippen LogP contribution is -2.00. The molecule has 0 aromatic carbocycles. The monoisotopic (exact) mass is 75.0 g/mol. The second-order valence-corrected chi connectivity index (χ2v) is 1.42. The zero-order chi connectivity index (χ0) is 3.86. The van der Waals surface area contributed by atoms with Gasteiger partial charge in [-0.05, 0) is 6.42 Å². The smallest absolute Gasteiger partial charge is 0.117 e. The number of rotatable bonds is 0. The molecule has 30 valence electrons. The van der Waals surface area contributed by atoms with Crippen molar-refractivity contribution in [1.82, 2.24) is 0 Å². The van der Waals surface area contributed by atoms with E-state index in [0.29, 0.717) is 6.42 Å². The number of hydrogen-bond donors (Lipinski definition) is 1. The van der Waals surface area contributed by atoms with Crippen LogP contribution in [0.25, 0.3) is 0 Å². The fourth-order valence-electron chi connectivity index (χ4n) is 0.181. The molecular formula is C3H6FN. The summed E-state index contributed by atoms with van der Waals surface area (Å²) < 4.78 is 11.4. The lowest BCUT2D eigenvalue weighted by molar-refractivity contribution is 0.467. The first kappa shape index (κ1) is 3.09. The summed E-state index contributed by atoms with van der Waals surface area (Å²) in [6, 6.07) is -0.116. The Hall–Kier alpha value is -0.110. The van der Waals surface area contributed by atoms with E-state index in [1.165, 1.54) is 0 Å². The van der Waals surface area contributed by atoms with Crippen molar-refractivity contribution < 1.29 is 4.39 Å². The summed E-state index contributed by atoms with van der Waals surface area (Å²) in [6.07, 6.45) is -0.0880. The number of nitrogens with two attached hydrogens (primary N) is 1. The van der Waals surface area contributed by atoms with Gasteiger partial charge < -0.3 is 5.73 Å². The van der Waals surface area contributed by atoms with Gasteiger partial charge in [0.1, 0.15) is 6.17 Å². The molecule has 0 radical (unpaired) electrons. The van der Waals surface area contributed by atoms with Gasteiger partial charge in [0.25, 0.3) is 0 Å². The maximum atomic E-state index is 11.4. The van der Waals surface area contributed by atoms with E-state index in [2.05, 4.69) is 0 Å². The average molecular weight is 75.1 g/mol. The third kappa shape index (κ3) is 0.401. The van der Waals surface area contributed by atoms with Gasteiger partial charge in [0.2, 0.25) is 0 Å². The first-order chi connectivity index (χ1) is 2.30. The maximum Gasteiger partial charge on any atom is 0.117 e. The van der Waals surface area contributed by atoms with Gasteiger partial charge in [-0.15, -0.1) is 0 Å². The molecule has 0 bridgehead atoms. The first-order valence-corrected chi connectivity index (χ1v) is 1.70. The standard InChI is InChI=1S/C3H6FN/c4-2-1-3(2)5/h2-3H,1,5H2. The molecular weight excluding hydrogens is 69.0 g/mol. The molecule has 1 nitrogen and oxygen atoms in total.